The monoisotopic (exact) mass is 434 g/mol. The predicted molar refractivity (Wildman–Crippen MR) is 126 cm³/mol. The van der Waals surface area contributed by atoms with E-state index in [-0.39, 0.29) is 17.9 Å². The summed E-state index contributed by atoms with van der Waals surface area (Å²) < 4.78 is 0. The summed E-state index contributed by atoms with van der Waals surface area (Å²) in [6.45, 7) is 9.65. The van der Waals surface area contributed by atoms with Crippen molar-refractivity contribution in [1.82, 2.24) is 14.9 Å². The number of likely N-dealkylation sites (tertiary alicyclic amines) is 1. The maximum atomic E-state index is 13.3. The van der Waals surface area contributed by atoms with Gasteiger partial charge in [0.05, 0.1) is 12.5 Å². The first kappa shape index (κ1) is 22.4. The lowest BCUT2D eigenvalue weighted by atomic mass is 9.98. The van der Waals surface area contributed by atoms with Crippen LogP contribution in [0.4, 0.5) is 5.82 Å². The second-order valence-corrected chi connectivity index (χ2v) is 9.21. The van der Waals surface area contributed by atoms with E-state index in [4.69, 9.17) is 9.97 Å². The van der Waals surface area contributed by atoms with Gasteiger partial charge in [-0.1, -0.05) is 25.1 Å². The fourth-order valence-electron chi connectivity index (χ4n) is 4.89. The van der Waals surface area contributed by atoms with Crippen LogP contribution >= 0.6 is 0 Å². The molecule has 32 heavy (non-hydrogen) atoms. The molecule has 0 unspecified atom stereocenters. The van der Waals surface area contributed by atoms with Gasteiger partial charge in [0.1, 0.15) is 5.82 Å². The zero-order valence-corrected chi connectivity index (χ0v) is 19.8. The Morgan fingerprint density at radius 2 is 1.91 bits per heavy atom. The summed E-state index contributed by atoms with van der Waals surface area (Å²) in [6.07, 6.45) is 5.39. The van der Waals surface area contributed by atoms with Crippen molar-refractivity contribution in [3.05, 3.63) is 52.0 Å². The average molecular weight is 435 g/mol. The lowest BCUT2D eigenvalue weighted by molar-refractivity contribution is -0.134. The van der Waals surface area contributed by atoms with E-state index in [1.54, 1.807) is 0 Å². The third kappa shape index (κ3) is 4.41. The van der Waals surface area contributed by atoms with Gasteiger partial charge in [0, 0.05) is 30.8 Å². The van der Waals surface area contributed by atoms with Crippen molar-refractivity contribution in [3.8, 4) is 0 Å². The SMILES string of the molecule is CCCN1C(=O)CCc2c(C)nc([C@@H]3CCCCN3C(=O)Cc3ccc(C)c(C)c3)nc21. The first-order valence-electron chi connectivity index (χ1n) is 11.9. The minimum absolute atomic E-state index is 0.124. The van der Waals surface area contributed by atoms with Crippen LogP contribution in [0.15, 0.2) is 18.2 Å². The summed E-state index contributed by atoms with van der Waals surface area (Å²) in [5, 5.41) is 0. The number of fused-ring (bicyclic) bond motifs is 1. The number of nitrogens with zero attached hydrogens (tertiary/aromatic N) is 4. The van der Waals surface area contributed by atoms with Gasteiger partial charge in [0.15, 0.2) is 5.82 Å². The summed E-state index contributed by atoms with van der Waals surface area (Å²) in [6, 6.07) is 6.11. The van der Waals surface area contributed by atoms with Crippen LogP contribution in [0.3, 0.4) is 0 Å². The number of carbonyl (C=O) groups is 2. The minimum Gasteiger partial charge on any atom is -0.332 e. The third-order valence-electron chi connectivity index (χ3n) is 6.85. The van der Waals surface area contributed by atoms with Gasteiger partial charge in [0.2, 0.25) is 11.8 Å². The number of rotatable bonds is 5. The van der Waals surface area contributed by atoms with E-state index in [1.807, 2.05) is 22.8 Å². The molecule has 6 nitrogen and oxygen atoms in total. The maximum Gasteiger partial charge on any atom is 0.228 e. The van der Waals surface area contributed by atoms with Crippen molar-refractivity contribution in [2.75, 3.05) is 18.0 Å². The number of piperidine rings is 1. The van der Waals surface area contributed by atoms with E-state index >= 15 is 0 Å². The van der Waals surface area contributed by atoms with Crippen molar-refractivity contribution in [2.24, 2.45) is 0 Å². The highest BCUT2D eigenvalue weighted by Crippen LogP contribution is 2.34. The molecule has 2 aliphatic rings. The Bertz CT molecular complexity index is 1030. The first-order valence-corrected chi connectivity index (χ1v) is 11.9. The Morgan fingerprint density at radius 1 is 1.09 bits per heavy atom. The fraction of sp³-hybridized carbons (Fsp3) is 0.538. The molecule has 4 rings (SSSR count). The van der Waals surface area contributed by atoms with Crippen LogP contribution in [0.1, 0.15) is 78.8 Å². The molecule has 3 heterocycles. The highest BCUT2D eigenvalue weighted by molar-refractivity contribution is 5.95. The number of aryl methyl sites for hydroxylation is 3. The Labute approximate surface area is 191 Å². The molecule has 0 spiro atoms. The Kier molecular flexibility index (Phi) is 6.58. The normalized spacial score (nSPS) is 18.6. The molecular formula is C26H34N4O2. The van der Waals surface area contributed by atoms with E-state index in [0.29, 0.717) is 31.6 Å². The zero-order chi connectivity index (χ0) is 22.8. The molecule has 2 amide bonds. The highest BCUT2D eigenvalue weighted by Gasteiger charge is 2.33. The number of carbonyl (C=O) groups excluding carboxylic acids is 2. The zero-order valence-electron chi connectivity index (χ0n) is 19.8. The van der Waals surface area contributed by atoms with Gasteiger partial charge in [-0.3, -0.25) is 14.5 Å². The molecule has 1 aromatic heterocycles. The van der Waals surface area contributed by atoms with Gasteiger partial charge in [-0.25, -0.2) is 9.97 Å². The topological polar surface area (TPSA) is 66.4 Å². The lowest BCUT2D eigenvalue weighted by Gasteiger charge is -2.36. The molecule has 0 aliphatic carbocycles. The summed E-state index contributed by atoms with van der Waals surface area (Å²) in [5.74, 6) is 1.70. The van der Waals surface area contributed by atoms with E-state index < -0.39 is 0 Å². The molecular weight excluding hydrogens is 400 g/mol. The van der Waals surface area contributed by atoms with Crippen LogP contribution < -0.4 is 4.90 Å². The summed E-state index contributed by atoms with van der Waals surface area (Å²) in [5.41, 5.74) is 5.50. The average Bonchev–Trinajstić information content (AvgIpc) is 2.78. The predicted octanol–water partition coefficient (Wildman–Crippen LogP) is 4.39. The molecule has 1 atom stereocenters. The molecule has 0 bridgehead atoms. The van der Waals surface area contributed by atoms with Crippen LogP contribution in [-0.2, 0) is 22.4 Å². The number of benzene rings is 1. The van der Waals surface area contributed by atoms with Gasteiger partial charge in [-0.05, 0) is 69.6 Å². The number of hydrogen-bond donors (Lipinski definition) is 0. The molecule has 0 saturated carbocycles. The summed E-state index contributed by atoms with van der Waals surface area (Å²) in [7, 11) is 0. The molecule has 6 heteroatoms. The maximum absolute atomic E-state index is 13.3. The van der Waals surface area contributed by atoms with E-state index in [1.165, 1.54) is 11.1 Å². The standard InChI is InChI=1S/C26H34N4O2/c1-5-13-30-23(31)12-11-21-19(4)27-25(28-26(21)30)22-8-6-7-14-29(22)24(32)16-20-10-9-17(2)18(3)15-20/h9-10,15,22H,5-8,11-14,16H2,1-4H3/t22-/m0/s1. The van der Waals surface area contributed by atoms with Gasteiger partial charge < -0.3 is 4.90 Å². The number of amides is 2. The van der Waals surface area contributed by atoms with Crippen molar-refractivity contribution >= 4 is 17.6 Å². The molecule has 2 aliphatic heterocycles. The van der Waals surface area contributed by atoms with Gasteiger partial charge >= 0.3 is 0 Å². The van der Waals surface area contributed by atoms with Crippen molar-refractivity contribution in [2.45, 2.75) is 78.7 Å². The van der Waals surface area contributed by atoms with E-state index in [2.05, 4.69) is 32.9 Å². The third-order valence-corrected chi connectivity index (χ3v) is 6.85. The molecule has 0 N–H and O–H groups in total. The number of hydrogen-bond acceptors (Lipinski definition) is 4. The van der Waals surface area contributed by atoms with Crippen molar-refractivity contribution < 1.29 is 9.59 Å². The summed E-state index contributed by atoms with van der Waals surface area (Å²) >= 11 is 0. The van der Waals surface area contributed by atoms with Crippen LogP contribution in [-0.4, -0.2) is 39.8 Å². The van der Waals surface area contributed by atoms with E-state index in [9.17, 15) is 9.59 Å². The van der Waals surface area contributed by atoms with E-state index in [0.717, 1.165) is 54.9 Å². The van der Waals surface area contributed by atoms with Gasteiger partial charge in [0.25, 0.3) is 0 Å². The lowest BCUT2D eigenvalue weighted by Crippen LogP contribution is -2.41. The fourth-order valence-corrected chi connectivity index (χ4v) is 4.89. The van der Waals surface area contributed by atoms with Crippen LogP contribution in [0.5, 0.6) is 0 Å². The second kappa shape index (κ2) is 9.39. The first-order chi connectivity index (χ1) is 15.4. The molecule has 1 fully saturated rings. The van der Waals surface area contributed by atoms with Crippen molar-refractivity contribution in [1.29, 1.82) is 0 Å². The molecule has 170 valence electrons. The van der Waals surface area contributed by atoms with Crippen molar-refractivity contribution in [3.63, 3.8) is 0 Å². The molecule has 1 saturated heterocycles. The molecule has 2 aromatic rings. The van der Waals surface area contributed by atoms with Gasteiger partial charge in [-0.15, -0.1) is 0 Å². The molecule has 1 aromatic carbocycles. The smallest absolute Gasteiger partial charge is 0.228 e. The van der Waals surface area contributed by atoms with Crippen LogP contribution in [0.2, 0.25) is 0 Å². The number of anilines is 1. The van der Waals surface area contributed by atoms with Crippen LogP contribution in [0, 0.1) is 20.8 Å². The quantitative estimate of drug-likeness (QED) is 0.700. The molecule has 0 radical (unpaired) electrons. The Balaban J connectivity index is 1.63. The Hall–Kier alpha value is -2.76. The van der Waals surface area contributed by atoms with Crippen LogP contribution in [0.25, 0.3) is 0 Å². The highest BCUT2D eigenvalue weighted by atomic mass is 16.2. The minimum atomic E-state index is -0.132. The number of aromatic nitrogens is 2. The second-order valence-electron chi connectivity index (χ2n) is 9.21. The largest absolute Gasteiger partial charge is 0.332 e. The summed E-state index contributed by atoms with van der Waals surface area (Å²) in [4.78, 5) is 39.5. The van der Waals surface area contributed by atoms with Gasteiger partial charge in [-0.2, -0.15) is 0 Å². The Morgan fingerprint density at radius 3 is 2.66 bits per heavy atom.